The second-order valence-corrected chi connectivity index (χ2v) is 22.7. The maximum Gasteiger partial charge on any atom is 0.0490 e. The third-order valence-corrected chi connectivity index (χ3v) is 16.9. The maximum atomic E-state index is 2.43. The first-order valence-electron chi connectivity index (χ1n) is 28.1. The Hall–Kier alpha value is -9.50. The van der Waals surface area contributed by atoms with Gasteiger partial charge < -0.3 is 9.80 Å². The van der Waals surface area contributed by atoms with Crippen molar-refractivity contribution in [1.29, 1.82) is 0 Å². The van der Waals surface area contributed by atoms with E-state index in [9.17, 15) is 0 Å². The highest BCUT2D eigenvalue weighted by Gasteiger charge is 2.38. The summed E-state index contributed by atoms with van der Waals surface area (Å²) in [5.41, 5.74) is 29.2. The van der Waals surface area contributed by atoms with Crippen molar-refractivity contribution in [1.82, 2.24) is 0 Å². The first-order chi connectivity index (χ1) is 39.0. The van der Waals surface area contributed by atoms with E-state index in [-0.39, 0.29) is 10.8 Å². The van der Waals surface area contributed by atoms with Crippen LogP contribution in [0.2, 0.25) is 0 Å². The highest BCUT2D eigenvalue weighted by atomic mass is 15.1. The van der Waals surface area contributed by atoms with E-state index >= 15 is 0 Å². The SMILES string of the molecule is Cc1ccccc1N(c1cccc(-c2ccccc2)c1)c1ccc2c(c1)C(C)(C)c1cc(/C=C/c3ccc(/C=C/c4ccc5c(c4)C(C)(C)c4cc(N(c6cccc(-c7ccccc7)c6)c6ccccc6C)ccc4-5)cc3)ccc1-2. The number of benzene rings is 11. The van der Waals surface area contributed by atoms with Crippen LogP contribution in [0.5, 0.6) is 0 Å². The predicted molar refractivity (Wildman–Crippen MR) is 342 cm³/mol. The van der Waals surface area contributed by atoms with Gasteiger partial charge in [-0.1, -0.05) is 246 Å². The summed E-state index contributed by atoms with van der Waals surface area (Å²) in [4.78, 5) is 4.85. The molecule has 0 saturated heterocycles. The van der Waals surface area contributed by atoms with Gasteiger partial charge in [-0.05, 0) is 175 Å². The molecule has 0 heterocycles. The number of para-hydroxylation sites is 2. The Morgan fingerprint density at radius 2 is 0.575 bits per heavy atom. The van der Waals surface area contributed by atoms with E-state index in [4.69, 9.17) is 0 Å². The number of fused-ring (bicyclic) bond motifs is 6. The lowest BCUT2D eigenvalue weighted by Crippen LogP contribution is -2.17. The third kappa shape index (κ3) is 9.17. The number of hydrogen-bond acceptors (Lipinski definition) is 2. The van der Waals surface area contributed by atoms with E-state index in [2.05, 4.69) is 330 Å². The van der Waals surface area contributed by atoms with Gasteiger partial charge in [-0.2, -0.15) is 0 Å². The molecule has 0 saturated carbocycles. The highest BCUT2D eigenvalue weighted by molar-refractivity contribution is 5.90. The minimum Gasteiger partial charge on any atom is -0.310 e. The first kappa shape index (κ1) is 50.0. The average molecular weight is 1030 g/mol. The van der Waals surface area contributed by atoms with Crippen molar-refractivity contribution in [2.24, 2.45) is 0 Å². The van der Waals surface area contributed by atoms with Gasteiger partial charge in [0.2, 0.25) is 0 Å². The maximum absolute atomic E-state index is 2.43. The Labute approximate surface area is 473 Å². The Morgan fingerprint density at radius 3 is 0.975 bits per heavy atom. The molecule has 0 spiro atoms. The molecule has 13 rings (SSSR count). The van der Waals surface area contributed by atoms with Crippen LogP contribution in [0.1, 0.15) is 83.3 Å². The second-order valence-electron chi connectivity index (χ2n) is 22.7. The molecule has 0 aliphatic heterocycles. The Kier molecular flexibility index (Phi) is 12.7. The molecule has 2 aliphatic carbocycles. The molecule has 0 radical (unpaired) electrons. The quantitative estimate of drug-likeness (QED) is 0.113. The fraction of sp³-hybridized carbons (Fsp3) is 0.103. The van der Waals surface area contributed by atoms with Gasteiger partial charge in [-0.3, -0.25) is 0 Å². The molecule has 0 amide bonds. The first-order valence-corrected chi connectivity index (χ1v) is 28.1. The summed E-state index contributed by atoms with van der Waals surface area (Å²) < 4.78 is 0. The van der Waals surface area contributed by atoms with Gasteiger partial charge in [-0.25, -0.2) is 0 Å². The topological polar surface area (TPSA) is 6.48 Å². The van der Waals surface area contributed by atoms with Gasteiger partial charge in [-0.15, -0.1) is 0 Å². The number of rotatable bonds is 12. The summed E-state index contributed by atoms with van der Waals surface area (Å²) in [5.74, 6) is 0. The van der Waals surface area contributed by atoms with E-state index in [0.717, 1.165) is 22.7 Å². The second kappa shape index (κ2) is 20.4. The largest absolute Gasteiger partial charge is 0.310 e. The normalized spacial score (nSPS) is 13.5. The van der Waals surface area contributed by atoms with Crippen molar-refractivity contribution in [3.05, 3.63) is 310 Å². The lowest BCUT2D eigenvalue weighted by atomic mass is 9.81. The number of anilines is 6. The van der Waals surface area contributed by atoms with E-state index in [1.54, 1.807) is 0 Å². The zero-order chi connectivity index (χ0) is 54.5. The van der Waals surface area contributed by atoms with Crippen molar-refractivity contribution in [2.45, 2.75) is 52.4 Å². The van der Waals surface area contributed by atoms with Gasteiger partial charge in [0, 0.05) is 45.0 Å². The molecule has 0 unspecified atom stereocenters. The summed E-state index contributed by atoms with van der Waals surface area (Å²) in [5, 5.41) is 0. The minimum absolute atomic E-state index is 0.190. The molecule has 11 aromatic rings. The smallest absolute Gasteiger partial charge is 0.0490 e. The van der Waals surface area contributed by atoms with Gasteiger partial charge in [0.15, 0.2) is 0 Å². The molecular weight excluding hydrogens is 965 g/mol. The molecule has 2 nitrogen and oxygen atoms in total. The molecule has 2 aliphatic rings. The van der Waals surface area contributed by atoms with Crippen LogP contribution in [0.3, 0.4) is 0 Å². The zero-order valence-corrected chi connectivity index (χ0v) is 46.5. The van der Waals surface area contributed by atoms with Crippen LogP contribution in [0.4, 0.5) is 34.1 Å². The van der Waals surface area contributed by atoms with Gasteiger partial charge >= 0.3 is 0 Å². The van der Waals surface area contributed by atoms with Gasteiger partial charge in [0.25, 0.3) is 0 Å². The minimum atomic E-state index is -0.190. The third-order valence-electron chi connectivity index (χ3n) is 16.9. The monoisotopic (exact) mass is 1030 g/mol. The standard InChI is InChI=1S/C78H64N2/c1-53-19-13-15-29-75(53)79(63-27-17-25-61(49-63)59-21-9-7-10-22-59)65-41-45-69-67-43-39-57(47-71(67)77(3,4)73(69)51-65)37-35-55-31-33-56(34-32-55)36-38-58-40-44-68-70-46-42-66(52-74(70)78(5,6)72(68)48-58)80(76-30-16-14-20-54(76)2)64-28-18-26-62(50-64)60-23-11-8-12-24-60/h7-52H,1-6H3/b37-35+,38-36+. The van der Waals surface area contributed by atoms with Crippen LogP contribution < -0.4 is 9.80 Å². The molecule has 11 aromatic carbocycles. The van der Waals surface area contributed by atoms with E-state index in [1.807, 2.05) is 0 Å². The van der Waals surface area contributed by atoms with Gasteiger partial charge in [0.05, 0.1) is 0 Å². The van der Waals surface area contributed by atoms with Crippen molar-refractivity contribution in [3.8, 4) is 44.5 Å². The summed E-state index contributed by atoms with van der Waals surface area (Å²) >= 11 is 0. The van der Waals surface area contributed by atoms with E-state index < -0.39 is 0 Å². The lowest BCUT2D eigenvalue weighted by molar-refractivity contribution is 0.660. The van der Waals surface area contributed by atoms with Crippen molar-refractivity contribution in [2.75, 3.05) is 9.80 Å². The molecule has 0 atom stereocenters. The molecule has 0 bridgehead atoms. The number of aryl methyl sites for hydroxylation is 2. The lowest BCUT2D eigenvalue weighted by Gasteiger charge is -2.29. The summed E-state index contributed by atoms with van der Waals surface area (Å²) in [6.45, 7) is 13.9. The molecule has 0 N–H and O–H groups in total. The molecule has 80 heavy (non-hydrogen) atoms. The highest BCUT2D eigenvalue weighted by Crippen LogP contribution is 2.53. The van der Waals surface area contributed by atoms with Crippen LogP contribution in [-0.4, -0.2) is 0 Å². The molecule has 2 heteroatoms. The van der Waals surface area contributed by atoms with Gasteiger partial charge in [0.1, 0.15) is 0 Å². The zero-order valence-electron chi connectivity index (χ0n) is 46.5. The Balaban J connectivity index is 0.721. The van der Waals surface area contributed by atoms with Crippen LogP contribution in [0, 0.1) is 13.8 Å². The fourth-order valence-electron chi connectivity index (χ4n) is 12.5. The van der Waals surface area contributed by atoms with Crippen LogP contribution in [0.15, 0.2) is 255 Å². The van der Waals surface area contributed by atoms with Crippen LogP contribution >= 0.6 is 0 Å². The molecule has 0 aromatic heterocycles. The molecule has 0 fully saturated rings. The van der Waals surface area contributed by atoms with Crippen molar-refractivity contribution in [3.63, 3.8) is 0 Å². The van der Waals surface area contributed by atoms with Crippen molar-refractivity contribution < 1.29 is 0 Å². The summed E-state index contributed by atoms with van der Waals surface area (Å²) in [6, 6.07) is 93.5. The van der Waals surface area contributed by atoms with Crippen LogP contribution in [0.25, 0.3) is 68.8 Å². The fourth-order valence-corrected chi connectivity index (χ4v) is 12.5. The van der Waals surface area contributed by atoms with E-state index in [0.29, 0.717) is 0 Å². The van der Waals surface area contributed by atoms with E-state index in [1.165, 1.54) is 112 Å². The van der Waals surface area contributed by atoms with Crippen LogP contribution in [-0.2, 0) is 10.8 Å². The predicted octanol–water partition coefficient (Wildman–Crippen LogP) is 21.5. The van der Waals surface area contributed by atoms with Crippen molar-refractivity contribution >= 4 is 58.4 Å². The molecular formula is C78H64N2. The number of nitrogens with zero attached hydrogens (tertiary/aromatic N) is 2. The summed E-state index contributed by atoms with van der Waals surface area (Å²) in [7, 11) is 0. The Morgan fingerprint density at radius 1 is 0.263 bits per heavy atom. The summed E-state index contributed by atoms with van der Waals surface area (Å²) in [6.07, 6.45) is 8.98. The average Bonchev–Trinajstić information content (AvgIpc) is 3.88. The molecule has 386 valence electrons. The number of hydrogen-bond donors (Lipinski definition) is 0. The Bertz CT molecular complexity index is 3920.